The molecule has 186 valence electrons. The summed E-state index contributed by atoms with van der Waals surface area (Å²) in [6, 6.07) is 7.53. The summed E-state index contributed by atoms with van der Waals surface area (Å²) < 4.78 is 10.9. The zero-order valence-electron chi connectivity index (χ0n) is 20.8. The van der Waals surface area contributed by atoms with Crippen molar-refractivity contribution < 1.29 is 14.3 Å². The maximum atomic E-state index is 13.7. The van der Waals surface area contributed by atoms with Gasteiger partial charge in [-0.3, -0.25) is 4.79 Å². The van der Waals surface area contributed by atoms with Crippen molar-refractivity contribution in [2.75, 3.05) is 38.8 Å². The van der Waals surface area contributed by atoms with Crippen LogP contribution in [-0.2, 0) is 0 Å². The number of carbonyl (C=O) groups excluding carboxylic acids is 1. The molecule has 9 heteroatoms. The first-order valence-corrected chi connectivity index (χ1v) is 12.2. The lowest BCUT2D eigenvalue weighted by molar-refractivity contribution is 0.0940. The Kier molecular flexibility index (Phi) is 7.62. The second kappa shape index (κ2) is 10.7. The number of methoxy groups -OCH3 is 2. The highest BCUT2D eigenvalue weighted by molar-refractivity contribution is 6.30. The van der Waals surface area contributed by atoms with Crippen molar-refractivity contribution in [2.45, 2.75) is 39.3 Å². The number of anilines is 1. The van der Waals surface area contributed by atoms with E-state index in [0.717, 1.165) is 48.4 Å². The highest BCUT2D eigenvalue weighted by Gasteiger charge is 2.25. The average Bonchev–Trinajstić information content (AvgIpc) is 3.06. The number of hydrogen-bond acceptors (Lipinski definition) is 7. The van der Waals surface area contributed by atoms with Gasteiger partial charge in [-0.1, -0.05) is 11.6 Å². The molecule has 0 bridgehead atoms. The van der Waals surface area contributed by atoms with Gasteiger partial charge >= 0.3 is 0 Å². The van der Waals surface area contributed by atoms with Crippen LogP contribution >= 0.6 is 11.6 Å². The van der Waals surface area contributed by atoms with Gasteiger partial charge in [0.15, 0.2) is 0 Å². The molecule has 2 N–H and O–H groups in total. The van der Waals surface area contributed by atoms with Crippen molar-refractivity contribution in [3.05, 3.63) is 52.3 Å². The van der Waals surface area contributed by atoms with Crippen LogP contribution in [0.2, 0.25) is 5.02 Å². The lowest BCUT2D eigenvalue weighted by atomic mass is 10.0. The van der Waals surface area contributed by atoms with E-state index in [9.17, 15) is 4.79 Å². The maximum Gasteiger partial charge on any atom is 0.255 e. The molecule has 1 aliphatic heterocycles. The van der Waals surface area contributed by atoms with Crippen LogP contribution in [-0.4, -0.2) is 55.8 Å². The molecule has 3 heterocycles. The molecule has 1 aliphatic rings. The van der Waals surface area contributed by atoms with E-state index in [1.807, 2.05) is 32.0 Å². The summed E-state index contributed by atoms with van der Waals surface area (Å²) in [5.74, 6) is 0.886. The Balaban J connectivity index is 1.77. The van der Waals surface area contributed by atoms with Gasteiger partial charge in [0, 0.05) is 48.0 Å². The van der Waals surface area contributed by atoms with E-state index in [0.29, 0.717) is 33.8 Å². The van der Waals surface area contributed by atoms with E-state index < -0.39 is 0 Å². The first kappa shape index (κ1) is 25.0. The average molecular weight is 498 g/mol. The fourth-order valence-corrected chi connectivity index (χ4v) is 4.70. The summed E-state index contributed by atoms with van der Waals surface area (Å²) in [5, 5.41) is 8.05. The van der Waals surface area contributed by atoms with Gasteiger partial charge in [0.2, 0.25) is 5.88 Å². The second-order valence-corrected chi connectivity index (χ2v) is 9.38. The number of rotatable bonds is 6. The first-order valence-electron chi connectivity index (χ1n) is 11.8. The summed E-state index contributed by atoms with van der Waals surface area (Å²) in [4.78, 5) is 25.0. The van der Waals surface area contributed by atoms with Crippen LogP contribution in [0.25, 0.3) is 10.9 Å². The van der Waals surface area contributed by atoms with Gasteiger partial charge in [0.05, 0.1) is 31.5 Å². The van der Waals surface area contributed by atoms with Gasteiger partial charge in [-0.2, -0.15) is 0 Å². The van der Waals surface area contributed by atoms with Crippen LogP contribution in [0.4, 0.5) is 5.69 Å². The Hall–Kier alpha value is -3.10. The third kappa shape index (κ3) is 5.44. The molecule has 0 spiro atoms. The molecule has 8 nitrogen and oxygen atoms in total. The number of halogens is 1. The first-order chi connectivity index (χ1) is 16.8. The van der Waals surface area contributed by atoms with Crippen LogP contribution in [0, 0.1) is 6.92 Å². The largest absolute Gasteiger partial charge is 0.497 e. The predicted molar refractivity (Wildman–Crippen MR) is 139 cm³/mol. The topological polar surface area (TPSA) is 88.6 Å². The summed E-state index contributed by atoms with van der Waals surface area (Å²) in [7, 11) is 3.18. The van der Waals surface area contributed by atoms with Crippen LogP contribution in [0.5, 0.6) is 11.6 Å². The molecule has 0 unspecified atom stereocenters. The molecule has 0 aliphatic carbocycles. The van der Waals surface area contributed by atoms with E-state index in [-0.39, 0.29) is 11.9 Å². The minimum atomic E-state index is -0.293. The van der Waals surface area contributed by atoms with Crippen LogP contribution in [0.3, 0.4) is 0 Å². The monoisotopic (exact) mass is 497 g/mol. The zero-order valence-corrected chi connectivity index (χ0v) is 21.6. The smallest absolute Gasteiger partial charge is 0.255 e. The highest BCUT2D eigenvalue weighted by Crippen LogP contribution is 2.35. The van der Waals surface area contributed by atoms with E-state index in [1.54, 1.807) is 26.5 Å². The molecular formula is C26H32ClN5O3. The van der Waals surface area contributed by atoms with Crippen LogP contribution < -0.4 is 25.0 Å². The standard InChI is InChI=1S/C26H32ClN5O3/c1-15-6-8-32(9-7-28-15)24-21-10-16(2)30-26(35-5)23(21)29-14-22(24)25(33)31-17(3)18-11-19(27)13-20(12-18)34-4/h10-15,17,28H,6-9H2,1-5H3,(H,31,33)/t15-,17-/m0/s1. The SMILES string of the molecule is COc1cc(Cl)cc([C@H](C)NC(=O)c2cnc3c(OC)nc(C)cc3c2N2CCN[C@@H](C)CC2)c1. The van der Waals surface area contributed by atoms with Crippen molar-refractivity contribution in [3.8, 4) is 11.6 Å². The Bertz CT molecular complexity index is 1240. The summed E-state index contributed by atoms with van der Waals surface area (Å²) in [6.45, 7) is 8.43. The fraction of sp³-hybridized carbons (Fsp3) is 0.423. The Morgan fingerprint density at radius 2 is 2.03 bits per heavy atom. The van der Waals surface area contributed by atoms with Gasteiger partial charge in [0.25, 0.3) is 5.91 Å². The van der Waals surface area contributed by atoms with Crippen molar-refractivity contribution in [2.24, 2.45) is 0 Å². The van der Waals surface area contributed by atoms with E-state index in [4.69, 9.17) is 21.1 Å². The predicted octanol–water partition coefficient (Wildman–Crippen LogP) is 4.29. The zero-order chi connectivity index (χ0) is 25.1. The molecule has 1 saturated heterocycles. The summed E-state index contributed by atoms with van der Waals surface area (Å²) >= 11 is 6.26. The molecule has 1 fully saturated rings. The number of pyridine rings is 2. The van der Waals surface area contributed by atoms with Crippen molar-refractivity contribution in [1.29, 1.82) is 0 Å². The van der Waals surface area contributed by atoms with Gasteiger partial charge in [-0.15, -0.1) is 0 Å². The molecule has 0 radical (unpaired) electrons. The Morgan fingerprint density at radius 1 is 1.23 bits per heavy atom. The maximum absolute atomic E-state index is 13.7. The summed E-state index contributed by atoms with van der Waals surface area (Å²) in [5.41, 5.74) is 3.66. The fourth-order valence-electron chi connectivity index (χ4n) is 4.47. The number of carbonyl (C=O) groups is 1. The molecule has 1 aromatic carbocycles. The van der Waals surface area contributed by atoms with Gasteiger partial charge in [-0.05, 0) is 57.0 Å². The highest BCUT2D eigenvalue weighted by atomic mass is 35.5. The van der Waals surface area contributed by atoms with E-state index in [2.05, 4.69) is 32.4 Å². The lowest BCUT2D eigenvalue weighted by Gasteiger charge is -2.27. The minimum absolute atomic E-state index is 0.209. The Morgan fingerprint density at radius 3 is 2.77 bits per heavy atom. The second-order valence-electron chi connectivity index (χ2n) is 8.94. The van der Waals surface area contributed by atoms with Gasteiger partial charge in [-0.25, -0.2) is 9.97 Å². The number of fused-ring (bicyclic) bond motifs is 1. The number of amides is 1. The number of ether oxygens (including phenoxy) is 2. The van der Waals surface area contributed by atoms with Crippen molar-refractivity contribution in [3.63, 3.8) is 0 Å². The van der Waals surface area contributed by atoms with Crippen molar-refractivity contribution in [1.82, 2.24) is 20.6 Å². The van der Waals surface area contributed by atoms with Crippen LogP contribution in [0.15, 0.2) is 30.5 Å². The summed E-state index contributed by atoms with van der Waals surface area (Å²) in [6.07, 6.45) is 2.59. The molecule has 35 heavy (non-hydrogen) atoms. The minimum Gasteiger partial charge on any atom is -0.497 e. The van der Waals surface area contributed by atoms with Crippen LogP contribution in [0.1, 0.15) is 47.9 Å². The van der Waals surface area contributed by atoms with Gasteiger partial charge < -0.3 is 25.0 Å². The third-order valence-electron chi connectivity index (χ3n) is 6.36. The quantitative estimate of drug-likeness (QED) is 0.525. The molecule has 3 aromatic rings. The third-order valence-corrected chi connectivity index (χ3v) is 6.58. The number of aromatic nitrogens is 2. The molecular weight excluding hydrogens is 466 g/mol. The number of benzene rings is 1. The Labute approximate surface area is 211 Å². The lowest BCUT2D eigenvalue weighted by Crippen LogP contribution is -2.33. The number of hydrogen-bond donors (Lipinski definition) is 2. The number of aryl methyl sites for hydroxylation is 1. The van der Waals surface area contributed by atoms with E-state index >= 15 is 0 Å². The van der Waals surface area contributed by atoms with Crippen molar-refractivity contribution >= 4 is 34.1 Å². The van der Waals surface area contributed by atoms with E-state index in [1.165, 1.54) is 0 Å². The normalized spacial score (nSPS) is 17.1. The molecule has 2 atom stereocenters. The number of nitrogens with one attached hydrogen (secondary N) is 2. The molecule has 4 rings (SSSR count). The number of nitrogens with zero attached hydrogens (tertiary/aromatic N) is 3. The van der Waals surface area contributed by atoms with Gasteiger partial charge in [0.1, 0.15) is 11.3 Å². The molecule has 0 saturated carbocycles. The molecule has 2 aromatic heterocycles. The molecule has 1 amide bonds.